The lowest BCUT2D eigenvalue weighted by molar-refractivity contribution is 0.540. The molecule has 2 aliphatic heterocycles. The summed E-state index contributed by atoms with van der Waals surface area (Å²) in [7, 11) is -1.86. The van der Waals surface area contributed by atoms with Gasteiger partial charge in [0, 0.05) is 0 Å². The van der Waals surface area contributed by atoms with Gasteiger partial charge in [-0.15, -0.1) is 0 Å². The Labute approximate surface area is 141 Å². The van der Waals surface area contributed by atoms with Gasteiger partial charge in [-0.1, -0.05) is 73.1 Å². The van der Waals surface area contributed by atoms with Gasteiger partial charge in [0.25, 0.3) is 0 Å². The molecular formula is C22H26Si. The van der Waals surface area contributed by atoms with Crippen LogP contribution >= 0.6 is 0 Å². The molecule has 0 bridgehead atoms. The van der Waals surface area contributed by atoms with Crippen LogP contribution in [-0.4, -0.2) is 8.07 Å². The Balaban J connectivity index is 2.13. The zero-order chi connectivity index (χ0) is 16.2. The lowest BCUT2D eigenvalue weighted by Crippen LogP contribution is -2.68. The van der Waals surface area contributed by atoms with Crippen molar-refractivity contribution in [3.8, 4) is 0 Å². The Hall–Kier alpha value is -1.60. The quantitative estimate of drug-likeness (QED) is 0.637. The number of hydrogen-bond donors (Lipinski definition) is 0. The molecule has 3 unspecified atom stereocenters. The van der Waals surface area contributed by atoms with E-state index in [0.717, 1.165) is 17.9 Å². The second kappa shape index (κ2) is 5.21. The molecule has 0 aromatic heterocycles. The topological polar surface area (TPSA) is 0 Å². The predicted molar refractivity (Wildman–Crippen MR) is 102 cm³/mol. The van der Waals surface area contributed by atoms with Gasteiger partial charge >= 0.3 is 0 Å². The number of fused-ring (bicyclic) bond motifs is 4. The summed E-state index contributed by atoms with van der Waals surface area (Å²) in [6.07, 6.45) is 2.38. The molecule has 0 fully saturated rings. The van der Waals surface area contributed by atoms with Crippen molar-refractivity contribution in [1.82, 2.24) is 0 Å². The van der Waals surface area contributed by atoms with Gasteiger partial charge in [-0.2, -0.15) is 0 Å². The molecule has 0 amide bonds. The average Bonchev–Trinajstić information content (AvgIpc) is 2.56. The molecule has 0 N–H and O–H groups in total. The van der Waals surface area contributed by atoms with E-state index >= 15 is 0 Å². The van der Waals surface area contributed by atoms with E-state index in [9.17, 15) is 0 Å². The molecule has 1 heteroatoms. The van der Waals surface area contributed by atoms with E-state index < -0.39 is 8.07 Å². The third-order valence-corrected chi connectivity index (χ3v) is 12.9. The number of allylic oxidation sites excluding steroid dienone is 2. The normalized spacial score (nSPS) is 29.4. The summed E-state index contributed by atoms with van der Waals surface area (Å²) in [4.78, 5) is 0. The molecule has 0 saturated carbocycles. The zero-order valence-electron chi connectivity index (χ0n) is 14.7. The minimum atomic E-state index is -1.86. The Kier molecular flexibility index (Phi) is 3.38. The maximum Gasteiger partial charge on any atom is 0.147 e. The van der Waals surface area contributed by atoms with Gasteiger partial charge in [0.1, 0.15) is 8.07 Å². The van der Waals surface area contributed by atoms with E-state index in [4.69, 9.17) is 0 Å². The first-order chi connectivity index (χ1) is 11.1. The highest BCUT2D eigenvalue weighted by Gasteiger charge is 2.52. The minimum Gasteiger partial charge on any atom is -0.0750 e. The van der Waals surface area contributed by atoms with Crippen LogP contribution in [-0.2, 0) is 12.8 Å². The van der Waals surface area contributed by atoms with Gasteiger partial charge in [-0.3, -0.25) is 0 Å². The standard InChI is InChI=1S/C22H26Si/c1-15-13-19-9-5-7-11-21(19)23(17(15)3)18(4)16(2)14-20-10-6-8-12-22(20)23/h5-12,15,17H,13-14H2,1-4H3. The van der Waals surface area contributed by atoms with Gasteiger partial charge in [0.2, 0.25) is 0 Å². The van der Waals surface area contributed by atoms with Crippen LogP contribution in [0.15, 0.2) is 59.3 Å². The highest BCUT2D eigenvalue weighted by molar-refractivity contribution is 7.09. The van der Waals surface area contributed by atoms with E-state index in [1.807, 2.05) is 0 Å². The first-order valence-electron chi connectivity index (χ1n) is 8.90. The van der Waals surface area contributed by atoms with Gasteiger partial charge < -0.3 is 0 Å². The Bertz CT molecular complexity index is 801. The molecule has 2 aromatic carbocycles. The van der Waals surface area contributed by atoms with E-state index in [0.29, 0.717) is 0 Å². The Morgan fingerprint density at radius 2 is 1.39 bits per heavy atom. The van der Waals surface area contributed by atoms with Crippen molar-refractivity contribution in [2.45, 2.75) is 46.1 Å². The molecule has 2 aliphatic rings. The summed E-state index contributed by atoms with van der Waals surface area (Å²) in [6.45, 7) is 9.82. The first kappa shape index (κ1) is 15.0. The molecule has 3 atom stereocenters. The third-order valence-electron chi connectivity index (χ3n) is 6.65. The van der Waals surface area contributed by atoms with Gasteiger partial charge in [-0.25, -0.2) is 0 Å². The van der Waals surface area contributed by atoms with E-state index in [2.05, 4.69) is 76.2 Å². The van der Waals surface area contributed by atoms with Crippen LogP contribution in [0.4, 0.5) is 0 Å². The molecule has 0 saturated heterocycles. The summed E-state index contributed by atoms with van der Waals surface area (Å²) < 4.78 is 0. The molecule has 0 radical (unpaired) electrons. The molecule has 2 aromatic rings. The fourth-order valence-electron chi connectivity index (χ4n) is 5.23. The number of rotatable bonds is 0. The van der Waals surface area contributed by atoms with Crippen LogP contribution in [0.25, 0.3) is 0 Å². The summed E-state index contributed by atoms with van der Waals surface area (Å²) >= 11 is 0. The highest BCUT2D eigenvalue weighted by atomic mass is 28.3. The number of benzene rings is 2. The smallest absolute Gasteiger partial charge is 0.0750 e. The number of hydrogen-bond acceptors (Lipinski definition) is 0. The van der Waals surface area contributed by atoms with Crippen molar-refractivity contribution in [2.24, 2.45) is 5.92 Å². The van der Waals surface area contributed by atoms with Crippen LogP contribution in [0.2, 0.25) is 5.54 Å². The molecule has 2 heterocycles. The average molecular weight is 319 g/mol. The van der Waals surface area contributed by atoms with E-state index in [-0.39, 0.29) is 0 Å². The lowest BCUT2D eigenvalue weighted by Gasteiger charge is -2.50. The fourth-order valence-corrected chi connectivity index (χ4v) is 11.8. The van der Waals surface area contributed by atoms with Crippen LogP contribution in [0.5, 0.6) is 0 Å². The zero-order valence-corrected chi connectivity index (χ0v) is 15.7. The maximum atomic E-state index is 2.53. The monoisotopic (exact) mass is 318 g/mol. The fraction of sp³-hybridized carbons (Fsp3) is 0.364. The summed E-state index contributed by atoms with van der Waals surface area (Å²) in [5.41, 5.74) is 5.56. The van der Waals surface area contributed by atoms with Crippen molar-refractivity contribution < 1.29 is 0 Å². The van der Waals surface area contributed by atoms with Crippen LogP contribution < -0.4 is 10.4 Å². The van der Waals surface area contributed by atoms with Crippen molar-refractivity contribution in [1.29, 1.82) is 0 Å². The molecule has 118 valence electrons. The Morgan fingerprint density at radius 3 is 2.09 bits per heavy atom. The molecule has 23 heavy (non-hydrogen) atoms. The van der Waals surface area contributed by atoms with Crippen molar-refractivity contribution >= 4 is 18.4 Å². The second-order valence-corrected chi connectivity index (χ2v) is 12.0. The van der Waals surface area contributed by atoms with Crippen LogP contribution in [0, 0.1) is 5.92 Å². The summed E-state index contributed by atoms with van der Waals surface area (Å²) in [5.74, 6) is 0.755. The maximum absolute atomic E-state index is 2.53. The Morgan fingerprint density at radius 1 is 0.826 bits per heavy atom. The first-order valence-corrected chi connectivity index (χ1v) is 11.0. The predicted octanol–water partition coefficient (Wildman–Crippen LogP) is 4.26. The lowest BCUT2D eigenvalue weighted by atomic mass is 9.97. The SMILES string of the molecule is CC1=C(C)[Si]2(c3ccccc3C1)c1ccccc1CC(C)C2C. The van der Waals surface area contributed by atoms with Crippen molar-refractivity contribution in [2.75, 3.05) is 0 Å². The van der Waals surface area contributed by atoms with E-state index in [1.54, 1.807) is 32.3 Å². The second-order valence-electron chi connectivity index (χ2n) is 7.67. The van der Waals surface area contributed by atoms with Gasteiger partial charge in [-0.05, 0) is 59.6 Å². The molecule has 4 rings (SSSR count). The largest absolute Gasteiger partial charge is 0.147 e. The van der Waals surface area contributed by atoms with Crippen LogP contribution in [0.3, 0.4) is 0 Å². The third kappa shape index (κ3) is 1.89. The van der Waals surface area contributed by atoms with Crippen molar-refractivity contribution in [3.05, 3.63) is 70.4 Å². The molecule has 0 aliphatic carbocycles. The summed E-state index contributed by atoms with van der Waals surface area (Å²) in [6, 6.07) is 18.6. The minimum absolute atomic E-state index is 0.755. The van der Waals surface area contributed by atoms with E-state index in [1.165, 1.54) is 6.42 Å². The van der Waals surface area contributed by atoms with Gasteiger partial charge in [0.05, 0.1) is 0 Å². The summed E-state index contributed by atoms with van der Waals surface area (Å²) in [5, 5.41) is 5.10. The molecular weight excluding hydrogens is 292 g/mol. The molecule has 1 spiro atoms. The van der Waals surface area contributed by atoms with Gasteiger partial charge in [0.15, 0.2) is 0 Å². The van der Waals surface area contributed by atoms with Crippen molar-refractivity contribution in [3.63, 3.8) is 0 Å². The van der Waals surface area contributed by atoms with Crippen LogP contribution in [0.1, 0.15) is 38.8 Å². The molecule has 0 nitrogen and oxygen atoms in total. The highest BCUT2D eigenvalue weighted by Crippen LogP contribution is 2.43.